The van der Waals surface area contributed by atoms with Gasteiger partial charge in [-0.25, -0.2) is 4.79 Å². The molecule has 0 spiro atoms. The van der Waals surface area contributed by atoms with Crippen molar-refractivity contribution in [2.45, 2.75) is 32.2 Å². The quantitative estimate of drug-likeness (QED) is 0.726. The lowest BCUT2D eigenvalue weighted by molar-refractivity contribution is 0.161. The topological polar surface area (TPSA) is 35.6 Å². The van der Waals surface area contributed by atoms with Gasteiger partial charge in [0.25, 0.3) is 0 Å². The molecule has 4 heteroatoms. The number of piperidine rings is 1. The van der Waals surface area contributed by atoms with Crippen LogP contribution in [0.4, 0.5) is 4.79 Å². The predicted molar refractivity (Wildman–Crippen MR) is 64.4 cm³/mol. The van der Waals surface area contributed by atoms with E-state index >= 15 is 0 Å². The Kier molecular flexibility index (Phi) is 3.69. The van der Waals surface area contributed by atoms with Gasteiger partial charge < -0.3 is 15.1 Å². The van der Waals surface area contributed by atoms with Crippen molar-refractivity contribution in [1.29, 1.82) is 0 Å². The number of likely N-dealkylation sites (tertiary alicyclic amines) is 2. The second kappa shape index (κ2) is 5.04. The minimum atomic E-state index is 0.152. The summed E-state index contributed by atoms with van der Waals surface area (Å²) in [7, 11) is 2.15. The molecule has 2 aliphatic heterocycles. The van der Waals surface area contributed by atoms with Crippen LogP contribution >= 0.6 is 0 Å². The van der Waals surface area contributed by atoms with Crippen LogP contribution in [-0.4, -0.2) is 55.1 Å². The first kappa shape index (κ1) is 11.7. The number of carbonyl (C=O) groups excluding carboxylic acids is 1. The molecule has 2 saturated heterocycles. The Balaban J connectivity index is 1.82. The standard InChI is InChI=1S/C12H23N3O/c1-10-9-14(2)8-5-11(10)13-12(16)15-6-3-4-7-15/h10-11H,3-9H2,1-2H3,(H,13,16). The summed E-state index contributed by atoms with van der Waals surface area (Å²) in [6.07, 6.45) is 3.41. The van der Waals surface area contributed by atoms with Crippen molar-refractivity contribution in [2.75, 3.05) is 33.2 Å². The molecule has 2 heterocycles. The van der Waals surface area contributed by atoms with E-state index in [9.17, 15) is 4.79 Å². The summed E-state index contributed by atoms with van der Waals surface area (Å²) in [5.41, 5.74) is 0. The van der Waals surface area contributed by atoms with Gasteiger partial charge in [-0.15, -0.1) is 0 Å². The molecule has 0 aromatic carbocycles. The molecule has 2 unspecified atom stereocenters. The Hall–Kier alpha value is -0.770. The SMILES string of the molecule is CC1CN(C)CCC1NC(=O)N1CCCC1. The maximum atomic E-state index is 11.9. The number of hydrogen-bond donors (Lipinski definition) is 1. The molecule has 0 aromatic heterocycles. The van der Waals surface area contributed by atoms with Gasteiger partial charge in [0.1, 0.15) is 0 Å². The van der Waals surface area contributed by atoms with Gasteiger partial charge >= 0.3 is 6.03 Å². The van der Waals surface area contributed by atoms with Crippen LogP contribution in [0.2, 0.25) is 0 Å². The Morgan fingerprint density at radius 1 is 1.25 bits per heavy atom. The second-order valence-electron chi connectivity index (χ2n) is 5.28. The normalized spacial score (nSPS) is 31.8. The second-order valence-corrected chi connectivity index (χ2v) is 5.28. The molecule has 2 aliphatic rings. The van der Waals surface area contributed by atoms with Crippen LogP contribution in [0.1, 0.15) is 26.2 Å². The first-order valence-electron chi connectivity index (χ1n) is 6.41. The summed E-state index contributed by atoms with van der Waals surface area (Å²) in [5.74, 6) is 0.560. The van der Waals surface area contributed by atoms with Crippen molar-refractivity contribution in [3.63, 3.8) is 0 Å². The Morgan fingerprint density at radius 2 is 1.94 bits per heavy atom. The van der Waals surface area contributed by atoms with Gasteiger partial charge in [-0.05, 0) is 38.8 Å². The van der Waals surface area contributed by atoms with E-state index in [0.29, 0.717) is 12.0 Å². The van der Waals surface area contributed by atoms with E-state index in [1.807, 2.05) is 4.90 Å². The van der Waals surface area contributed by atoms with Crippen molar-refractivity contribution >= 4 is 6.03 Å². The molecular weight excluding hydrogens is 202 g/mol. The van der Waals surface area contributed by atoms with Gasteiger partial charge in [0.05, 0.1) is 0 Å². The van der Waals surface area contributed by atoms with E-state index in [1.165, 1.54) is 0 Å². The van der Waals surface area contributed by atoms with Crippen LogP contribution in [0.15, 0.2) is 0 Å². The summed E-state index contributed by atoms with van der Waals surface area (Å²) >= 11 is 0. The molecular formula is C12H23N3O. The zero-order chi connectivity index (χ0) is 11.5. The molecule has 0 bridgehead atoms. The molecule has 0 aliphatic carbocycles. The summed E-state index contributed by atoms with van der Waals surface area (Å²) < 4.78 is 0. The third kappa shape index (κ3) is 2.67. The number of rotatable bonds is 1. The van der Waals surface area contributed by atoms with Crippen LogP contribution in [0.5, 0.6) is 0 Å². The lowest BCUT2D eigenvalue weighted by atomic mass is 9.94. The molecule has 2 rings (SSSR count). The van der Waals surface area contributed by atoms with E-state index in [0.717, 1.165) is 45.4 Å². The molecule has 2 fully saturated rings. The largest absolute Gasteiger partial charge is 0.335 e. The summed E-state index contributed by atoms with van der Waals surface area (Å²) in [6.45, 7) is 6.28. The average Bonchev–Trinajstić information content (AvgIpc) is 2.75. The highest BCUT2D eigenvalue weighted by molar-refractivity contribution is 5.74. The number of hydrogen-bond acceptors (Lipinski definition) is 2. The van der Waals surface area contributed by atoms with E-state index in [2.05, 4.69) is 24.2 Å². The fourth-order valence-corrected chi connectivity index (χ4v) is 2.74. The van der Waals surface area contributed by atoms with Crippen LogP contribution in [0.25, 0.3) is 0 Å². The Morgan fingerprint density at radius 3 is 2.56 bits per heavy atom. The fourth-order valence-electron chi connectivity index (χ4n) is 2.74. The van der Waals surface area contributed by atoms with E-state index in [4.69, 9.17) is 0 Å². The highest BCUT2D eigenvalue weighted by Gasteiger charge is 2.27. The monoisotopic (exact) mass is 225 g/mol. The predicted octanol–water partition coefficient (Wildman–Crippen LogP) is 1.13. The van der Waals surface area contributed by atoms with Crippen molar-refractivity contribution in [3.05, 3.63) is 0 Å². The first-order chi connectivity index (χ1) is 7.66. The molecule has 16 heavy (non-hydrogen) atoms. The third-order valence-electron chi connectivity index (χ3n) is 3.81. The van der Waals surface area contributed by atoms with Crippen LogP contribution in [0, 0.1) is 5.92 Å². The molecule has 0 saturated carbocycles. The molecule has 2 amide bonds. The lowest BCUT2D eigenvalue weighted by Crippen LogP contribution is -2.51. The van der Waals surface area contributed by atoms with Crippen molar-refractivity contribution < 1.29 is 4.79 Å². The number of urea groups is 1. The van der Waals surface area contributed by atoms with Gasteiger partial charge in [0.2, 0.25) is 0 Å². The smallest absolute Gasteiger partial charge is 0.317 e. The zero-order valence-electron chi connectivity index (χ0n) is 10.4. The van der Waals surface area contributed by atoms with Gasteiger partial charge in [0, 0.05) is 25.7 Å². The summed E-state index contributed by atoms with van der Waals surface area (Å²) in [6, 6.07) is 0.517. The Bertz CT molecular complexity index is 251. The zero-order valence-corrected chi connectivity index (χ0v) is 10.4. The van der Waals surface area contributed by atoms with Crippen molar-refractivity contribution in [1.82, 2.24) is 15.1 Å². The molecule has 0 radical (unpaired) electrons. The first-order valence-corrected chi connectivity index (χ1v) is 6.41. The molecule has 2 atom stereocenters. The fraction of sp³-hybridized carbons (Fsp3) is 0.917. The van der Waals surface area contributed by atoms with E-state index < -0.39 is 0 Å². The molecule has 0 aromatic rings. The van der Waals surface area contributed by atoms with Crippen LogP contribution in [0.3, 0.4) is 0 Å². The van der Waals surface area contributed by atoms with Gasteiger partial charge in [-0.2, -0.15) is 0 Å². The number of nitrogens with one attached hydrogen (secondary N) is 1. The van der Waals surface area contributed by atoms with Crippen LogP contribution in [-0.2, 0) is 0 Å². The minimum Gasteiger partial charge on any atom is -0.335 e. The van der Waals surface area contributed by atoms with Gasteiger partial charge in [-0.3, -0.25) is 0 Å². The van der Waals surface area contributed by atoms with Crippen molar-refractivity contribution in [3.8, 4) is 0 Å². The molecule has 92 valence electrons. The number of carbonyl (C=O) groups is 1. The van der Waals surface area contributed by atoms with Gasteiger partial charge in [-0.1, -0.05) is 6.92 Å². The Labute approximate surface area is 98.0 Å². The van der Waals surface area contributed by atoms with Crippen LogP contribution < -0.4 is 5.32 Å². The average molecular weight is 225 g/mol. The number of amides is 2. The number of nitrogens with zero attached hydrogens (tertiary/aromatic N) is 2. The summed E-state index contributed by atoms with van der Waals surface area (Å²) in [4.78, 5) is 16.2. The maximum absolute atomic E-state index is 11.9. The highest BCUT2D eigenvalue weighted by Crippen LogP contribution is 2.16. The van der Waals surface area contributed by atoms with E-state index in [-0.39, 0.29) is 6.03 Å². The maximum Gasteiger partial charge on any atom is 0.317 e. The molecule has 1 N–H and O–H groups in total. The lowest BCUT2D eigenvalue weighted by Gasteiger charge is -2.36. The highest BCUT2D eigenvalue weighted by atomic mass is 16.2. The van der Waals surface area contributed by atoms with Gasteiger partial charge in [0.15, 0.2) is 0 Å². The van der Waals surface area contributed by atoms with Crippen molar-refractivity contribution in [2.24, 2.45) is 5.92 Å². The molecule has 4 nitrogen and oxygen atoms in total. The minimum absolute atomic E-state index is 0.152. The summed E-state index contributed by atoms with van der Waals surface area (Å²) in [5, 5.41) is 3.19. The van der Waals surface area contributed by atoms with E-state index in [1.54, 1.807) is 0 Å². The third-order valence-corrected chi connectivity index (χ3v) is 3.81.